The van der Waals surface area contributed by atoms with Crippen LogP contribution in [0.25, 0.3) is 0 Å². The number of rotatable bonds is 6. The van der Waals surface area contributed by atoms with Crippen LogP contribution in [0.4, 0.5) is 10.8 Å². The predicted molar refractivity (Wildman–Crippen MR) is 101 cm³/mol. The molecule has 3 rings (SSSR count). The van der Waals surface area contributed by atoms with Crippen molar-refractivity contribution in [3.05, 3.63) is 29.3 Å². The highest BCUT2D eigenvalue weighted by atomic mass is 35.5. The molecule has 1 aromatic carbocycles. The SMILES string of the molecule is CC(=O)N(c1nnc(SC(C)C(=O)Nc2cccc(Cl)c2)s1)C1CC1. The highest BCUT2D eigenvalue weighted by molar-refractivity contribution is 8.02. The number of carbonyl (C=O) groups is 2. The Morgan fingerprint density at radius 1 is 1.40 bits per heavy atom. The third-order valence-corrected chi connectivity index (χ3v) is 5.93. The van der Waals surface area contributed by atoms with Crippen LogP contribution < -0.4 is 10.2 Å². The number of aromatic nitrogens is 2. The number of hydrogen-bond donors (Lipinski definition) is 1. The van der Waals surface area contributed by atoms with Crippen molar-refractivity contribution < 1.29 is 9.59 Å². The molecule has 6 nitrogen and oxygen atoms in total. The Morgan fingerprint density at radius 2 is 2.16 bits per heavy atom. The second-order valence-corrected chi connectivity index (χ2v) is 8.71. The maximum atomic E-state index is 12.3. The summed E-state index contributed by atoms with van der Waals surface area (Å²) in [4.78, 5) is 25.8. The number of nitrogens with one attached hydrogen (secondary N) is 1. The maximum Gasteiger partial charge on any atom is 0.237 e. The van der Waals surface area contributed by atoms with Crippen molar-refractivity contribution in [2.24, 2.45) is 0 Å². The van der Waals surface area contributed by atoms with Crippen LogP contribution in [0.2, 0.25) is 5.02 Å². The number of halogens is 1. The Balaban J connectivity index is 1.62. The molecule has 0 radical (unpaired) electrons. The van der Waals surface area contributed by atoms with Gasteiger partial charge in [-0.2, -0.15) is 0 Å². The first-order valence-corrected chi connectivity index (χ1v) is 9.88. The number of anilines is 2. The van der Waals surface area contributed by atoms with Gasteiger partial charge in [0, 0.05) is 23.7 Å². The van der Waals surface area contributed by atoms with Crippen LogP contribution in [0.5, 0.6) is 0 Å². The van der Waals surface area contributed by atoms with E-state index in [-0.39, 0.29) is 23.1 Å². The Bertz CT molecular complexity index is 794. The van der Waals surface area contributed by atoms with Crippen molar-refractivity contribution in [1.29, 1.82) is 0 Å². The lowest BCUT2D eigenvalue weighted by Gasteiger charge is -2.15. The standard InChI is InChI=1S/C16H17ClN4O2S2/c1-9(14(23)18-12-5-3-4-11(17)8-12)24-16-20-19-15(25-16)21(10(2)22)13-6-7-13/h3-5,8-9,13H,6-7H2,1-2H3,(H,18,23). The molecule has 132 valence electrons. The predicted octanol–water partition coefficient (Wildman–Crippen LogP) is 3.83. The van der Waals surface area contributed by atoms with Gasteiger partial charge >= 0.3 is 0 Å². The van der Waals surface area contributed by atoms with Crippen LogP contribution >= 0.6 is 34.7 Å². The van der Waals surface area contributed by atoms with E-state index in [9.17, 15) is 9.59 Å². The number of hydrogen-bond acceptors (Lipinski definition) is 6. The zero-order valence-corrected chi connectivity index (χ0v) is 16.1. The monoisotopic (exact) mass is 396 g/mol. The van der Waals surface area contributed by atoms with Gasteiger partial charge in [0.15, 0.2) is 4.34 Å². The van der Waals surface area contributed by atoms with Crippen molar-refractivity contribution in [2.45, 2.75) is 42.3 Å². The largest absolute Gasteiger partial charge is 0.325 e. The fourth-order valence-electron chi connectivity index (χ4n) is 2.24. The number of benzene rings is 1. The van der Waals surface area contributed by atoms with Crippen LogP contribution in [0.3, 0.4) is 0 Å². The third-order valence-electron chi connectivity index (χ3n) is 3.59. The highest BCUT2D eigenvalue weighted by Crippen LogP contribution is 2.36. The summed E-state index contributed by atoms with van der Waals surface area (Å²) in [6.45, 7) is 3.34. The quantitative estimate of drug-likeness (QED) is 0.593. The molecule has 1 N–H and O–H groups in total. The summed E-state index contributed by atoms with van der Waals surface area (Å²) in [6, 6.07) is 7.25. The number of carbonyl (C=O) groups excluding carboxylic acids is 2. The lowest BCUT2D eigenvalue weighted by Crippen LogP contribution is -2.30. The van der Waals surface area contributed by atoms with Gasteiger partial charge in [-0.15, -0.1) is 10.2 Å². The molecule has 0 aliphatic heterocycles. The number of nitrogens with zero attached hydrogens (tertiary/aromatic N) is 3. The molecule has 25 heavy (non-hydrogen) atoms. The van der Waals surface area contributed by atoms with Gasteiger partial charge < -0.3 is 5.32 Å². The molecule has 1 saturated carbocycles. The van der Waals surface area contributed by atoms with Gasteiger partial charge in [0.1, 0.15) is 0 Å². The highest BCUT2D eigenvalue weighted by Gasteiger charge is 2.34. The summed E-state index contributed by atoms with van der Waals surface area (Å²) in [6.07, 6.45) is 2.00. The molecule has 1 aliphatic rings. The average molecular weight is 397 g/mol. The summed E-state index contributed by atoms with van der Waals surface area (Å²) in [5.74, 6) is -0.170. The van der Waals surface area contributed by atoms with Crippen molar-refractivity contribution in [1.82, 2.24) is 10.2 Å². The fraction of sp³-hybridized carbons (Fsp3) is 0.375. The molecule has 1 fully saturated rings. The Hall–Kier alpha value is -1.64. The Kier molecular flexibility index (Phi) is 5.61. The van der Waals surface area contributed by atoms with Gasteiger partial charge in [-0.25, -0.2) is 0 Å². The van der Waals surface area contributed by atoms with E-state index in [1.165, 1.54) is 30.0 Å². The minimum Gasteiger partial charge on any atom is -0.325 e. The van der Waals surface area contributed by atoms with E-state index in [1.807, 2.05) is 0 Å². The molecule has 1 unspecified atom stereocenters. The van der Waals surface area contributed by atoms with Gasteiger partial charge in [0.2, 0.25) is 16.9 Å². The van der Waals surface area contributed by atoms with Gasteiger partial charge in [0.25, 0.3) is 0 Å². The van der Waals surface area contributed by atoms with E-state index in [2.05, 4.69) is 15.5 Å². The molecular formula is C16H17ClN4O2S2. The Labute approximate surface area is 159 Å². The third kappa shape index (κ3) is 4.71. The zero-order valence-electron chi connectivity index (χ0n) is 13.7. The van der Waals surface area contributed by atoms with Crippen LogP contribution in [0.1, 0.15) is 26.7 Å². The van der Waals surface area contributed by atoms with E-state index in [0.29, 0.717) is 20.2 Å². The summed E-state index contributed by atoms with van der Waals surface area (Å²) >= 11 is 8.58. The molecule has 1 aromatic heterocycles. The van der Waals surface area contributed by atoms with Crippen LogP contribution in [-0.4, -0.2) is 33.3 Å². The maximum absolute atomic E-state index is 12.3. The zero-order chi connectivity index (χ0) is 18.0. The van der Waals surface area contributed by atoms with Gasteiger partial charge in [-0.1, -0.05) is 40.8 Å². The average Bonchev–Trinajstić information content (AvgIpc) is 3.26. The summed E-state index contributed by atoms with van der Waals surface area (Å²) in [5.41, 5.74) is 0.652. The van der Waals surface area contributed by atoms with E-state index in [4.69, 9.17) is 11.6 Å². The van der Waals surface area contributed by atoms with Crippen molar-refractivity contribution in [3.63, 3.8) is 0 Å². The molecule has 0 bridgehead atoms. The number of amides is 2. The molecule has 1 aliphatic carbocycles. The molecule has 0 spiro atoms. The lowest BCUT2D eigenvalue weighted by molar-refractivity contribution is -0.117. The second-order valence-electron chi connectivity index (χ2n) is 5.73. The normalized spacial score (nSPS) is 14.8. The van der Waals surface area contributed by atoms with Crippen molar-refractivity contribution in [2.75, 3.05) is 10.2 Å². The minimum atomic E-state index is -0.355. The molecule has 0 saturated heterocycles. The first-order valence-electron chi connectivity index (χ1n) is 7.80. The van der Waals surface area contributed by atoms with Crippen molar-refractivity contribution >= 4 is 57.3 Å². The summed E-state index contributed by atoms with van der Waals surface area (Å²) in [7, 11) is 0. The van der Waals surface area contributed by atoms with E-state index < -0.39 is 0 Å². The molecule has 1 heterocycles. The fourth-order valence-corrected chi connectivity index (χ4v) is 4.53. The lowest BCUT2D eigenvalue weighted by atomic mass is 10.3. The van der Waals surface area contributed by atoms with E-state index in [0.717, 1.165) is 12.8 Å². The Morgan fingerprint density at radius 3 is 2.80 bits per heavy atom. The van der Waals surface area contributed by atoms with Gasteiger partial charge in [-0.3, -0.25) is 14.5 Å². The first kappa shape index (κ1) is 18.2. The van der Waals surface area contributed by atoms with Crippen LogP contribution in [0, 0.1) is 0 Å². The second kappa shape index (κ2) is 7.72. The smallest absolute Gasteiger partial charge is 0.237 e. The summed E-state index contributed by atoms with van der Waals surface area (Å²) < 4.78 is 0.663. The number of thioether (sulfide) groups is 1. The van der Waals surface area contributed by atoms with Crippen LogP contribution in [0.15, 0.2) is 28.6 Å². The van der Waals surface area contributed by atoms with Crippen LogP contribution in [-0.2, 0) is 9.59 Å². The molecule has 9 heteroatoms. The van der Waals surface area contributed by atoms with Gasteiger partial charge in [0.05, 0.1) is 5.25 Å². The van der Waals surface area contributed by atoms with E-state index >= 15 is 0 Å². The van der Waals surface area contributed by atoms with Gasteiger partial charge in [-0.05, 0) is 38.0 Å². The molecule has 1 atom stereocenters. The van der Waals surface area contributed by atoms with E-state index in [1.54, 1.807) is 36.1 Å². The van der Waals surface area contributed by atoms with Crippen molar-refractivity contribution in [3.8, 4) is 0 Å². The minimum absolute atomic E-state index is 0.0260. The molecule has 2 amide bonds. The summed E-state index contributed by atoms with van der Waals surface area (Å²) in [5, 5.41) is 11.9. The first-order chi connectivity index (χ1) is 11.9. The molecule has 2 aromatic rings. The topological polar surface area (TPSA) is 75.2 Å². The molecular weight excluding hydrogens is 380 g/mol.